The lowest BCUT2D eigenvalue weighted by Gasteiger charge is -2.22. The van der Waals surface area contributed by atoms with Gasteiger partial charge in [-0.3, -0.25) is 4.79 Å². The molecule has 2 aromatic rings. The number of hydrogen-bond acceptors (Lipinski definition) is 3. The van der Waals surface area contributed by atoms with Crippen molar-refractivity contribution in [3.8, 4) is 5.75 Å². The van der Waals surface area contributed by atoms with Crippen molar-refractivity contribution in [2.75, 3.05) is 13.1 Å². The summed E-state index contributed by atoms with van der Waals surface area (Å²) in [6.45, 7) is 14.3. The second-order valence-electron chi connectivity index (χ2n) is 7.09. The molecule has 0 saturated heterocycles. The quantitative estimate of drug-likeness (QED) is 0.714. The molecule has 0 amide bonds. The number of hydrogen-bond donors (Lipinski definition) is 2. The standard InChI is InChI=1S/C18H20O2.C4H11N.ClH/c1-12-10-14(11-15(16(12)19)18(2,3)4)17(20)13-8-6-5-7-9-13;1-3-5-4-2;/h5-11,19H,1-4H3;5H,3-4H2,1-2H3;1H. The van der Waals surface area contributed by atoms with Crippen molar-refractivity contribution in [2.45, 2.75) is 47.0 Å². The van der Waals surface area contributed by atoms with Gasteiger partial charge < -0.3 is 10.4 Å². The summed E-state index contributed by atoms with van der Waals surface area (Å²) in [5.41, 5.74) is 2.62. The van der Waals surface area contributed by atoms with Gasteiger partial charge in [0.05, 0.1) is 0 Å². The summed E-state index contributed by atoms with van der Waals surface area (Å²) in [7, 11) is 0. The first kappa shape index (κ1) is 24.2. The van der Waals surface area contributed by atoms with Gasteiger partial charge in [0.15, 0.2) is 5.78 Å². The van der Waals surface area contributed by atoms with Gasteiger partial charge in [-0.15, -0.1) is 12.4 Å². The van der Waals surface area contributed by atoms with E-state index in [9.17, 15) is 9.90 Å². The maximum Gasteiger partial charge on any atom is 0.193 e. The molecule has 0 unspecified atom stereocenters. The van der Waals surface area contributed by atoms with E-state index in [0.29, 0.717) is 11.1 Å². The fourth-order valence-corrected chi connectivity index (χ4v) is 2.49. The third-order valence-corrected chi connectivity index (χ3v) is 3.91. The maximum absolute atomic E-state index is 12.5. The van der Waals surface area contributed by atoms with E-state index in [1.54, 1.807) is 24.3 Å². The van der Waals surface area contributed by atoms with Crippen LogP contribution >= 0.6 is 12.4 Å². The van der Waals surface area contributed by atoms with Gasteiger partial charge in [0, 0.05) is 16.7 Å². The molecule has 0 saturated carbocycles. The van der Waals surface area contributed by atoms with E-state index in [0.717, 1.165) is 24.2 Å². The molecule has 0 aliphatic rings. The molecular formula is C22H32ClNO2. The molecule has 0 fully saturated rings. The number of halogens is 1. The third kappa shape index (κ3) is 6.81. The summed E-state index contributed by atoms with van der Waals surface area (Å²) in [4.78, 5) is 12.5. The maximum atomic E-state index is 12.5. The smallest absolute Gasteiger partial charge is 0.193 e. The minimum absolute atomic E-state index is 0. The van der Waals surface area contributed by atoms with E-state index >= 15 is 0 Å². The zero-order valence-electron chi connectivity index (χ0n) is 16.7. The number of benzene rings is 2. The molecule has 144 valence electrons. The Kier molecular flexibility index (Phi) is 10.2. The molecule has 0 bridgehead atoms. The van der Waals surface area contributed by atoms with Crippen LogP contribution < -0.4 is 5.32 Å². The van der Waals surface area contributed by atoms with Crippen molar-refractivity contribution in [3.05, 3.63) is 64.7 Å². The number of carbonyl (C=O) groups excluding carboxylic acids is 1. The van der Waals surface area contributed by atoms with E-state index in [-0.39, 0.29) is 29.4 Å². The van der Waals surface area contributed by atoms with Crippen LogP contribution in [-0.4, -0.2) is 24.0 Å². The SMILES string of the molecule is CCNCC.Cc1cc(C(=O)c2ccccc2)cc(C(C)(C)C)c1O.Cl. The van der Waals surface area contributed by atoms with Gasteiger partial charge in [0.1, 0.15) is 5.75 Å². The van der Waals surface area contributed by atoms with E-state index in [1.807, 2.05) is 45.9 Å². The molecule has 4 heteroatoms. The van der Waals surface area contributed by atoms with E-state index in [1.165, 1.54) is 0 Å². The van der Waals surface area contributed by atoms with Gasteiger partial charge in [0.2, 0.25) is 0 Å². The lowest BCUT2D eigenvalue weighted by atomic mass is 9.83. The van der Waals surface area contributed by atoms with Crippen LogP contribution in [0, 0.1) is 6.92 Å². The predicted octanol–water partition coefficient (Wildman–Crippen LogP) is 5.27. The Morgan fingerprint density at radius 1 is 1.00 bits per heavy atom. The monoisotopic (exact) mass is 377 g/mol. The third-order valence-electron chi connectivity index (χ3n) is 3.91. The highest BCUT2D eigenvalue weighted by atomic mass is 35.5. The molecule has 0 aliphatic carbocycles. The van der Waals surface area contributed by atoms with Crippen LogP contribution in [-0.2, 0) is 5.41 Å². The van der Waals surface area contributed by atoms with Crippen molar-refractivity contribution in [2.24, 2.45) is 0 Å². The number of ketones is 1. The van der Waals surface area contributed by atoms with Crippen molar-refractivity contribution >= 4 is 18.2 Å². The number of phenolic OH excluding ortho intramolecular Hbond substituents is 1. The van der Waals surface area contributed by atoms with Gasteiger partial charge in [-0.25, -0.2) is 0 Å². The molecule has 3 nitrogen and oxygen atoms in total. The first-order valence-electron chi connectivity index (χ1n) is 8.86. The zero-order chi connectivity index (χ0) is 19.0. The van der Waals surface area contributed by atoms with Crippen LogP contribution in [0.15, 0.2) is 42.5 Å². The molecule has 0 aliphatic heterocycles. The van der Waals surface area contributed by atoms with Gasteiger partial charge in [-0.2, -0.15) is 0 Å². The highest BCUT2D eigenvalue weighted by molar-refractivity contribution is 6.09. The summed E-state index contributed by atoms with van der Waals surface area (Å²) in [6, 6.07) is 12.8. The molecule has 0 spiro atoms. The van der Waals surface area contributed by atoms with Gasteiger partial charge in [-0.05, 0) is 43.1 Å². The molecule has 2 N–H and O–H groups in total. The van der Waals surface area contributed by atoms with E-state index < -0.39 is 0 Å². The van der Waals surface area contributed by atoms with E-state index in [2.05, 4.69) is 19.2 Å². The normalized spacial score (nSPS) is 10.4. The van der Waals surface area contributed by atoms with Crippen molar-refractivity contribution in [1.82, 2.24) is 5.32 Å². The minimum atomic E-state index is -0.207. The van der Waals surface area contributed by atoms with Gasteiger partial charge >= 0.3 is 0 Å². The highest BCUT2D eigenvalue weighted by Gasteiger charge is 2.22. The molecule has 26 heavy (non-hydrogen) atoms. The van der Waals surface area contributed by atoms with Crippen molar-refractivity contribution < 1.29 is 9.90 Å². The fraction of sp³-hybridized carbons (Fsp3) is 0.409. The molecule has 2 aromatic carbocycles. The van der Waals surface area contributed by atoms with Gasteiger partial charge in [0.25, 0.3) is 0 Å². The van der Waals surface area contributed by atoms with Crippen LogP contribution in [0.4, 0.5) is 0 Å². The zero-order valence-corrected chi connectivity index (χ0v) is 17.5. The number of aromatic hydroxyl groups is 1. The lowest BCUT2D eigenvalue weighted by Crippen LogP contribution is -2.14. The Morgan fingerprint density at radius 2 is 1.54 bits per heavy atom. The highest BCUT2D eigenvalue weighted by Crippen LogP contribution is 2.34. The summed E-state index contributed by atoms with van der Waals surface area (Å²) < 4.78 is 0. The molecule has 2 rings (SSSR count). The van der Waals surface area contributed by atoms with Crippen LogP contribution in [0.1, 0.15) is 61.7 Å². The van der Waals surface area contributed by atoms with Crippen LogP contribution in [0.5, 0.6) is 5.75 Å². The van der Waals surface area contributed by atoms with Crippen molar-refractivity contribution in [1.29, 1.82) is 0 Å². The minimum Gasteiger partial charge on any atom is -0.507 e. The summed E-state index contributed by atoms with van der Waals surface area (Å²) in [5.74, 6) is 0.265. The van der Waals surface area contributed by atoms with E-state index in [4.69, 9.17) is 0 Å². The predicted molar refractivity (Wildman–Crippen MR) is 113 cm³/mol. The Morgan fingerprint density at radius 3 is 1.96 bits per heavy atom. The first-order valence-corrected chi connectivity index (χ1v) is 8.86. The average Bonchev–Trinajstić information content (AvgIpc) is 2.57. The summed E-state index contributed by atoms with van der Waals surface area (Å²) in [5, 5.41) is 13.3. The number of nitrogens with one attached hydrogen (secondary N) is 1. The molecule has 0 atom stereocenters. The number of rotatable bonds is 4. The Balaban J connectivity index is 0.000000923. The molecular weight excluding hydrogens is 346 g/mol. The van der Waals surface area contributed by atoms with Crippen LogP contribution in [0.25, 0.3) is 0 Å². The second kappa shape index (κ2) is 11.0. The molecule has 0 heterocycles. The Labute approximate surface area is 164 Å². The fourth-order valence-electron chi connectivity index (χ4n) is 2.49. The first-order chi connectivity index (χ1) is 11.7. The van der Waals surface area contributed by atoms with Crippen LogP contribution in [0.2, 0.25) is 0 Å². The lowest BCUT2D eigenvalue weighted by molar-refractivity contribution is 0.103. The average molecular weight is 378 g/mol. The molecule has 0 aromatic heterocycles. The summed E-state index contributed by atoms with van der Waals surface area (Å²) >= 11 is 0. The Bertz CT molecular complexity index is 689. The largest absolute Gasteiger partial charge is 0.507 e. The number of phenols is 1. The second-order valence-corrected chi connectivity index (χ2v) is 7.09. The topological polar surface area (TPSA) is 49.3 Å². The molecule has 0 radical (unpaired) electrons. The number of carbonyl (C=O) groups is 1. The number of aryl methyl sites for hydroxylation is 1. The van der Waals surface area contributed by atoms with Crippen molar-refractivity contribution in [3.63, 3.8) is 0 Å². The Hall–Kier alpha value is -1.84. The summed E-state index contributed by atoms with van der Waals surface area (Å²) in [6.07, 6.45) is 0. The van der Waals surface area contributed by atoms with Crippen LogP contribution in [0.3, 0.4) is 0 Å². The van der Waals surface area contributed by atoms with Gasteiger partial charge in [-0.1, -0.05) is 65.0 Å².